The lowest BCUT2D eigenvalue weighted by Gasteiger charge is -2.05. The molecule has 3 heteroatoms. The fourth-order valence-electron chi connectivity index (χ4n) is 1.33. The third kappa shape index (κ3) is 3.85. The predicted molar refractivity (Wildman–Crippen MR) is 69.1 cm³/mol. The Kier molecular flexibility index (Phi) is 4.23. The molecule has 2 N–H and O–H groups in total. The number of hydrogen-bond acceptors (Lipinski definition) is 2. The number of hydrogen-bond donors (Lipinski definition) is 1. The van der Waals surface area contributed by atoms with E-state index >= 15 is 0 Å². The molecule has 86 valence electrons. The third-order valence-electron chi connectivity index (χ3n) is 2.10. The summed E-state index contributed by atoms with van der Waals surface area (Å²) in [7, 11) is 0. The van der Waals surface area contributed by atoms with Crippen LogP contribution in [0.5, 0.6) is 0 Å². The maximum Gasteiger partial charge on any atom is 0.0999 e. The summed E-state index contributed by atoms with van der Waals surface area (Å²) in [5.41, 5.74) is 8.32. The molecule has 0 fully saturated rings. The van der Waals surface area contributed by atoms with Crippen LogP contribution in [0.1, 0.15) is 31.5 Å². The van der Waals surface area contributed by atoms with Gasteiger partial charge in [0.05, 0.1) is 17.2 Å². The molecule has 0 radical (unpaired) electrons. The standard InChI is InChI=1S/C13H19N3/c1-9(2)7-13(14)16-11(4)12-6-5-10(3)8-15-12/h5-6,8-9H,4,7H2,1-3H3,(H2,14,16). The van der Waals surface area contributed by atoms with Crippen molar-refractivity contribution in [2.75, 3.05) is 0 Å². The van der Waals surface area contributed by atoms with Crippen LogP contribution in [-0.4, -0.2) is 10.8 Å². The number of nitrogens with zero attached hydrogens (tertiary/aromatic N) is 2. The van der Waals surface area contributed by atoms with E-state index in [0.717, 1.165) is 17.7 Å². The van der Waals surface area contributed by atoms with Gasteiger partial charge in [0.2, 0.25) is 0 Å². The zero-order chi connectivity index (χ0) is 12.1. The summed E-state index contributed by atoms with van der Waals surface area (Å²) in [6.07, 6.45) is 2.58. The minimum Gasteiger partial charge on any atom is -0.387 e. The first-order valence-electron chi connectivity index (χ1n) is 5.44. The highest BCUT2D eigenvalue weighted by Gasteiger charge is 2.02. The van der Waals surface area contributed by atoms with Gasteiger partial charge in [-0.3, -0.25) is 4.98 Å². The molecule has 0 spiro atoms. The van der Waals surface area contributed by atoms with Crippen molar-refractivity contribution in [2.45, 2.75) is 27.2 Å². The molecule has 3 nitrogen and oxygen atoms in total. The minimum atomic E-state index is 0.502. The van der Waals surface area contributed by atoms with Crippen molar-refractivity contribution >= 4 is 11.5 Å². The van der Waals surface area contributed by atoms with Gasteiger partial charge in [-0.05, 0) is 24.5 Å². The van der Waals surface area contributed by atoms with Crippen LogP contribution in [0.25, 0.3) is 5.70 Å². The number of aliphatic imine (C=N–C) groups is 1. The maximum atomic E-state index is 5.80. The van der Waals surface area contributed by atoms with Gasteiger partial charge in [0.1, 0.15) is 0 Å². The molecule has 1 aromatic rings. The van der Waals surface area contributed by atoms with Crippen LogP contribution in [-0.2, 0) is 0 Å². The van der Waals surface area contributed by atoms with E-state index in [0.29, 0.717) is 17.5 Å². The largest absolute Gasteiger partial charge is 0.387 e. The Hall–Kier alpha value is -1.64. The summed E-state index contributed by atoms with van der Waals surface area (Å²) in [4.78, 5) is 8.50. The summed E-state index contributed by atoms with van der Waals surface area (Å²) in [5, 5.41) is 0. The Morgan fingerprint density at radius 3 is 2.69 bits per heavy atom. The van der Waals surface area contributed by atoms with Gasteiger partial charge in [0.25, 0.3) is 0 Å². The summed E-state index contributed by atoms with van der Waals surface area (Å²) in [5.74, 6) is 1.12. The van der Waals surface area contributed by atoms with Gasteiger partial charge in [-0.1, -0.05) is 26.5 Å². The van der Waals surface area contributed by atoms with Gasteiger partial charge >= 0.3 is 0 Å². The molecular formula is C13H19N3. The number of amidine groups is 1. The van der Waals surface area contributed by atoms with E-state index < -0.39 is 0 Å². The smallest absolute Gasteiger partial charge is 0.0999 e. The highest BCUT2D eigenvalue weighted by Crippen LogP contribution is 2.12. The lowest BCUT2D eigenvalue weighted by atomic mass is 10.1. The van der Waals surface area contributed by atoms with E-state index in [-0.39, 0.29) is 0 Å². The first-order chi connectivity index (χ1) is 7.49. The topological polar surface area (TPSA) is 51.3 Å². The second kappa shape index (κ2) is 5.45. The lowest BCUT2D eigenvalue weighted by Crippen LogP contribution is -2.14. The maximum absolute atomic E-state index is 5.80. The van der Waals surface area contributed by atoms with Crippen molar-refractivity contribution in [2.24, 2.45) is 16.6 Å². The van der Waals surface area contributed by atoms with Crippen molar-refractivity contribution in [3.63, 3.8) is 0 Å². The van der Waals surface area contributed by atoms with E-state index in [1.807, 2.05) is 19.1 Å². The molecule has 0 aliphatic rings. The molecule has 0 saturated carbocycles. The molecule has 16 heavy (non-hydrogen) atoms. The van der Waals surface area contributed by atoms with Crippen LogP contribution in [0, 0.1) is 12.8 Å². The number of nitrogens with two attached hydrogens (primary N) is 1. The van der Waals surface area contributed by atoms with E-state index in [2.05, 4.69) is 30.4 Å². The van der Waals surface area contributed by atoms with E-state index in [9.17, 15) is 0 Å². The Morgan fingerprint density at radius 1 is 1.50 bits per heavy atom. The molecule has 1 aromatic heterocycles. The molecule has 0 bridgehead atoms. The van der Waals surface area contributed by atoms with Gasteiger partial charge in [0, 0.05) is 12.6 Å². The monoisotopic (exact) mass is 217 g/mol. The van der Waals surface area contributed by atoms with Crippen molar-refractivity contribution < 1.29 is 0 Å². The SMILES string of the molecule is C=C(N=C(N)CC(C)C)c1ccc(C)cn1. The Balaban J connectivity index is 2.75. The normalized spacial score (nSPS) is 11.9. The summed E-state index contributed by atoms with van der Waals surface area (Å²) < 4.78 is 0. The summed E-state index contributed by atoms with van der Waals surface area (Å²) in [6.45, 7) is 10.1. The molecule has 0 saturated heterocycles. The second-order valence-corrected chi connectivity index (χ2v) is 4.37. The second-order valence-electron chi connectivity index (χ2n) is 4.37. The van der Waals surface area contributed by atoms with E-state index in [4.69, 9.17) is 5.73 Å². The molecule has 0 unspecified atom stereocenters. The van der Waals surface area contributed by atoms with Gasteiger partial charge in [0.15, 0.2) is 0 Å². The zero-order valence-electron chi connectivity index (χ0n) is 10.2. The molecule has 0 aliphatic carbocycles. The highest BCUT2D eigenvalue weighted by atomic mass is 14.9. The quantitative estimate of drug-likeness (QED) is 0.622. The number of aryl methyl sites for hydroxylation is 1. The molecule has 1 rings (SSSR count). The van der Waals surface area contributed by atoms with Crippen molar-refractivity contribution in [3.05, 3.63) is 36.2 Å². The van der Waals surface area contributed by atoms with Gasteiger partial charge in [-0.25, -0.2) is 4.99 Å². The molecule has 1 heterocycles. The predicted octanol–water partition coefficient (Wildman–Crippen LogP) is 2.76. The molecular weight excluding hydrogens is 198 g/mol. The average Bonchev–Trinajstić information content (AvgIpc) is 2.16. The van der Waals surface area contributed by atoms with Crippen LogP contribution in [0.2, 0.25) is 0 Å². The Bertz CT molecular complexity index is 388. The van der Waals surface area contributed by atoms with Gasteiger partial charge in [-0.2, -0.15) is 0 Å². The van der Waals surface area contributed by atoms with Crippen LogP contribution in [0.4, 0.5) is 0 Å². The number of rotatable bonds is 4. The lowest BCUT2D eigenvalue weighted by molar-refractivity contribution is 0.681. The first-order valence-corrected chi connectivity index (χ1v) is 5.44. The Labute approximate surface area is 97.1 Å². The first kappa shape index (κ1) is 12.4. The highest BCUT2D eigenvalue weighted by molar-refractivity contribution is 5.86. The van der Waals surface area contributed by atoms with Crippen molar-refractivity contribution in [1.82, 2.24) is 4.98 Å². The molecule has 0 atom stereocenters. The summed E-state index contributed by atoms with van der Waals surface area (Å²) >= 11 is 0. The van der Waals surface area contributed by atoms with Crippen LogP contribution in [0.15, 0.2) is 29.9 Å². The van der Waals surface area contributed by atoms with Crippen molar-refractivity contribution in [1.29, 1.82) is 0 Å². The van der Waals surface area contributed by atoms with Crippen LogP contribution < -0.4 is 5.73 Å². The molecule has 0 aromatic carbocycles. The van der Waals surface area contributed by atoms with Gasteiger partial charge < -0.3 is 5.73 Å². The molecule has 0 amide bonds. The zero-order valence-corrected chi connectivity index (χ0v) is 10.2. The number of aromatic nitrogens is 1. The molecule has 0 aliphatic heterocycles. The van der Waals surface area contributed by atoms with E-state index in [1.54, 1.807) is 6.20 Å². The van der Waals surface area contributed by atoms with Gasteiger partial charge in [-0.15, -0.1) is 0 Å². The van der Waals surface area contributed by atoms with Crippen molar-refractivity contribution in [3.8, 4) is 0 Å². The van der Waals surface area contributed by atoms with Crippen LogP contribution >= 0.6 is 0 Å². The average molecular weight is 217 g/mol. The fraction of sp³-hybridized carbons (Fsp3) is 0.385. The minimum absolute atomic E-state index is 0.502. The fourth-order valence-corrected chi connectivity index (χ4v) is 1.33. The number of pyridine rings is 1. The van der Waals surface area contributed by atoms with Crippen LogP contribution in [0.3, 0.4) is 0 Å². The van der Waals surface area contributed by atoms with E-state index in [1.165, 1.54) is 0 Å². The Morgan fingerprint density at radius 2 is 2.19 bits per heavy atom. The third-order valence-corrected chi connectivity index (χ3v) is 2.10. The summed E-state index contributed by atoms with van der Waals surface area (Å²) in [6, 6.07) is 3.89.